The van der Waals surface area contributed by atoms with E-state index >= 15 is 0 Å². The summed E-state index contributed by atoms with van der Waals surface area (Å²) < 4.78 is 11.7. The van der Waals surface area contributed by atoms with Gasteiger partial charge in [-0.2, -0.15) is 0 Å². The Morgan fingerprint density at radius 1 is 1.31 bits per heavy atom. The van der Waals surface area contributed by atoms with E-state index in [4.69, 9.17) is 9.47 Å². The van der Waals surface area contributed by atoms with Crippen molar-refractivity contribution in [1.82, 2.24) is 10.2 Å². The molecule has 0 amide bonds. The zero-order chi connectivity index (χ0) is 18.6. The molecule has 0 aromatic heterocycles. The Labute approximate surface area is 157 Å². The fourth-order valence-corrected chi connectivity index (χ4v) is 3.96. The van der Waals surface area contributed by atoms with Crippen LogP contribution in [0, 0.1) is 5.41 Å². The molecule has 1 spiro atoms. The molecule has 0 radical (unpaired) electrons. The summed E-state index contributed by atoms with van der Waals surface area (Å²) in [6.45, 7) is 11.9. The van der Waals surface area contributed by atoms with E-state index in [1.54, 1.807) is 0 Å². The van der Waals surface area contributed by atoms with E-state index in [1.807, 2.05) is 13.1 Å². The highest BCUT2D eigenvalue weighted by molar-refractivity contribution is 5.80. The number of nitrogens with one attached hydrogen (secondary N) is 1. The van der Waals surface area contributed by atoms with Crippen molar-refractivity contribution < 1.29 is 9.47 Å². The molecular formula is C21H33N3O2. The summed E-state index contributed by atoms with van der Waals surface area (Å²) in [7, 11) is 1.86. The molecule has 5 nitrogen and oxygen atoms in total. The Bertz CT molecular complexity index is 630. The van der Waals surface area contributed by atoms with Crippen LogP contribution in [0.15, 0.2) is 29.3 Å². The summed E-state index contributed by atoms with van der Waals surface area (Å²) in [5.74, 6) is 1.95. The highest BCUT2D eigenvalue weighted by atomic mass is 16.5. The molecule has 0 saturated carbocycles. The standard InChI is InChI=1S/C21H33N3O2/c1-20(2,3)17-7-5-6-8-18(17)26-14-11-23-19(22-4)24-12-9-21(15-24)10-13-25-16-21/h5-8H,9-16H2,1-4H3,(H,22,23). The van der Waals surface area contributed by atoms with Gasteiger partial charge in [0.05, 0.1) is 13.2 Å². The fourth-order valence-electron chi connectivity index (χ4n) is 3.96. The smallest absolute Gasteiger partial charge is 0.193 e. The van der Waals surface area contributed by atoms with Crippen LogP contribution in [0.4, 0.5) is 0 Å². The Morgan fingerprint density at radius 3 is 2.81 bits per heavy atom. The van der Waals surface area contributed by atoms with Gasteiger partial charge in [0, 0.05) is 32.2 Å². The normalized spacial score (nSPS) is 23.7. The topological polar surface area (TPSA) is 46.1 Å². The first kappa shape index (κ1) is 19.0. The zero-order valence-corrected chi connectivity index (χ0v) is 16.7. The molecule has 0 aliphatic carbocycles. The monoisotopic (exact) mass is 359 g/mol. The van der Waals surface area contributed by atoms with E-state index in [2.05, 4.69) is 54.2 Å². The fraction of sp³-hybridized carbons (Fsp3) is 0.667. The average Bonchev–Trinajstić information content (AvgIpc) is 3.25. The first-order valence-electron chi connectivity index (χ1n) is 9.69. The summed E-state index contributed by atoms with van der Waals surface area (Å²) in [4.78, 5) is 6.82. The summed E-state index contributed by atoms with van der Waals surface area (Å²) >= 11 is 0. The van der Waals surface area contributed by atoms with Gasteiger partial charge in [0.2, 0.25) is 0 Å². The van der Waals surface area contributed by atoms with E-state index in [0.717, 1.165) is 44.6 Å². The van der Waals surface area contributed by atoms with Crippen molar-refractivity contribution >= 4 is 5.96 Å². The summed E-state index contributed by atoms with van der Waals surface area (Å²) in [6, 6.07) is 8.31. The Morgan fingerprint density at radius 2 is 2.12 bits per heavy atom. The van der Waals surface area contributed by atoms with Gasteiger partial charge in [0.25, 0.3) is 0 Å². The molecule has 26 heavy (non-hydrogen) atoms. The van der Waals surface area contributed by atoms with Crippen molar-refractivity contribution in [2.24, 2.45) is 10.4 Å². The minimum Gasteiger partial charge on any atom is -0.491 e. The highest BCUT2D eigenvalue weighted by Crippen LogP contribution is 2.38. The van der Waals surface area contributed by atoms with Crippen LogP contribution in [0.25, 0.3) is 0 Å². The molecular weight excluding hydrogens is 326 g/mol. The maximum Gasteiger partial charge on any atom is 0.193 e. The SMILES string of the molecule is CN=C(NCCOc1ccccc1C(C)(C)C)N1CCC2(CCOC2)C1. The van der Waals surface area contributed by atoms with Crippen LogP contribution in [-0.4, -0.2) is 57.4 Å². The van der Waals surface area contributed by atoms with Gasteiger partial charge >= 0.3 is 0 Å². The molecule has 3 rings (SSSR count). The van der Waals surface area contributed by atoms with Crippen LogP contribution in [0.5, 0.6) is 5.75 Å². The molecule has 2 heterocycles. The molecule has 1 aromatic rings. The number of ether oxygens (including phenoxy) is 2. The van der Waals surface area contributed by atoms with Crippen molar-refractivity contribution in [2.45, 2.75) is 39.0 Å². The molecule has 1 N–H and O–H groups in total. The minimum atomic E-state index is 0.0767. The van der Waals surface area contributed by atoms with Gasteiger partial charge < -0.3 is 19.7 Å². The van der Waals surface area contributed by atoms with Crippen molar-refractivity contribution in [1.29, 1.82) is 0 Å². The van der Waals surface area contributed by atoms with Crippen molar-refractivity contribution in [3.8, 4) is 5.75 Å². The maximum atomic E-state index is 6.06. The van der Waals surface area contributed by atoms with Crippen LogP contribution in [0.2, 0.25) is 0 Å². The Balaban J connectivity index is 1.49. The number of aliphatic imine (C=N–C) groups is 1. The second-order valence-electron chi connectivity index (χ2n) is 8.54. The van der Waals surface area contributed by atoms with Crippen LogP contribution in [-0.2, 0) is 10.2 Å². The van der Waals surface area contributed by atoms with Crippen molar-refractivity contribution in [2.75, 3.05) is 46.5 Å². The minimum absolute atomic E-state index is 0.0767. The second-order valence-corrected chi connectivity index (χ2v) is 8.54. The van der Waals surface area contributed by atoms with Crippen molar-refractivity contribution in [3.63, 3.8) is 0 Å². The zero-order valence-electron chi connectivity index (χ0n) is 16.7. The molecule has 2 aliphatic heterocycles. The summed E-state index contributed by atoms with van der Waals surface area (Å²) in [5, 5.41) is 3.46. The van der Waals surface area contributed by atoms with Crippen molar-refractivity contribution in [3.05, 3.63) is 29.8 Å². The van der Waals surface area contributed by atoms with Crippen LogP contribution >= 0.6 is 0 Å². The van der Waals surface area contributed by atoms with E-state index in [9.17, 15) is 0 Å². The molecule has 1 aromatic carbocycles. The lowest BCUT2D eigenvalue weighted by molar-refractivity contribution is 0.156. The van der Waals surface area contributed by atoms with Gasteiger partial charge in [-0.1, -0.05) is 39.0 Å². The van der Waals surface area contributed by atoms with Gasteiger partial charge in [-0.25, -0.2) is 0 Å². The summed E-state index contributed by atoms with van der Waals surface area (Å²) in [5.41, 5.74) is 1.67. The third-order valence-corrected chi connectivity index (χ3v) is 5.47. The van der Waals surface area contributed by atoms with Crippen LogP contribution in [0.1, 0.15) is 39.2 Å². The van der Waals surface area contributed by atoms with Gasteiger partial charge in [-0.15, -0.1) is 0 Å². The van der Waals surface area contributed by atoms with Gasteiger partial charge in [-0.3, -0.25) is 4.99 Å². The van der Waals surface area contributed by atoms with E-state index in [-0.39, 0.29) is 5.41 Å². The highest BCUT2D eigenvalue weighted by Gasteiger charge is 2.42. The summed E-state index contributed by atoms with van der Waals surface area (Å²) in [6.07, 6.45) is 2.37. The van der Waals surface area contributed by atoms with Gasteiger partial charge in [-0.05, 0) is 29.9 Å². The molecule has 2 aliphatic rings. The number of benzene rings is 1. The maximum absolute atomic E-state index is 6.06. The lowest BCUT2D eigenvalue weighted by atomic mass is 9.86. The molecule has 2 saturated heterocycles. The number of hydrogen-bond donors (Lipinski definition) is 1. The lowest BCUT2D eigenvalue weighted by Crippen LogP contribution is -2.42. The van der Waals surface area contributed by atoms with Crippen LogP contribution < -0.4 is 10.1 Å². The molecule has 0 bridgehead atoms. The number of rotatable bonds is 4. The number of likely N-dealkylation sites (tertiary alicyclic amines) is 1. The largest absolute Gasteiger partial charge is 0.491 e. The molecule has 1 unspecified atom stereocenters. The third kappa shape index (κ3) is 4.32. The lowest BCUT2D eigenvalue weighted by Gasteiger charge is -2.25. The van der Waals surface area contributed by atoms with Gasteiger partial charge in [0.1, 0.15) is 12.4 Å². The molecule has 1 atom stereocenters. The first-order chi connectivity index (χ1) is 12.4. The molecule has 5 heteroatoms. The predicted octanol–water partition coefficient (Wildman–Crippen LogP) is 3.05. The second kappa shape index (κ2) is 7.87. The van der Waals surface area contributed by atoms with Crippen LogP contribution in [0.3, 0.4) is 0 Å². The average molecular weight is 360 g/mol. The third-order valence-electron chi connectivity index (χ3n) is 5.47. The Kier molecular flexibility index (Phi) is 5.76. The quantitative estimate of drug-likeness (QED) is 0.510. The number of hydrogen-bond acceptors (Lipinski definition) is 3. The number of para-hydroxylation sites is 1. The first-order valence-corrected chi connectivity index (χ1v) is 9.69. The Hall–Kier alpha value is -1.75. The number of guanidine groups is 1. The van der Waals surface area contributed by atoms with E-state index in [1.165, 1.54) is 18.4 Å². The number of nitrogens with zero attached hydrogens (tertiary/aromatic N) is 2. The van der Waals surface area contributed by atoms with E-state index < -0.39 is 0 Å². The van der Waals surface area contributed by atoms with E-state index in [0.29, 0.717) is 12.0 Å². The predicted molar refractivity (Wildman–Crippen MR) is 106 cm³/mol. The van der Waals surface area contributed by atoms with Gasteiger partial charge in [0.15, 0.2) is 5.96 Å². The molecule has 2 fully saturated rings. The molecule has 144 valence electrons.